The first kappa shape index (κ1) is 13.5. The van der Waals surface area contributed by atoms with Gasteiger partial charge in [-0.1, -0.05) is 11.3 Å². The van der Waals surface area contributed by atoms with Gasteiger partial charge in [-0.2, -0.15) is 14.6 Å². The summed E-state index contributed by atoms with van der Waals surface area (Å²) in [5.41, 5.74) is 7.56. The van der Waals surface area contributed by atoms with Gasteiger partial charge < -0.3 is 5.73 Å². The molecule has 0 amide bonds. The fraction of sp³-hybridized carbons (Fsp3) is 0. The summed E-state index contributed by atoms with van der Waals surface area (Å²) in [4.78, 5) is 24.8. The fourth-order valence-electron chi connectivity index (χ4n) is 2.18. The summed E-state index contributed by atoms with van der Waals surface area (Å²) in [5.74, 6) is 0.250. The lowest BCUT2D eigenvalue weighted by atomic mass is 10.2. The smallest absolute Gasteiger partial charge is 0.283 e. The van der Waals surface area contributed by atoms with Crippen LogP contribution in [-0.4, -0.2) is 25.8 Å². The Balaban J connectivity index is 1.91. The Morgan fingerprint density at radius 3 is 2.83 bits per heavy atom. The molecule has 0 saturated heterocycles. The van der Waals surface area contributed by atoms with Crippen molar-refractivity contribution in [2.24, 2.45) is 4.99 Å². The summed E-state index contributed by atoms with van der Waals surface area (Å²) in [6, 6.07) is 3.68. The molecule has 4 rings (SSSR count). The third-order valence-corrected chi connectivity index (χ3v) is 4.25. The van der Waals surface area contributed by atoms with Crippen molar-refractivity contribution in [3.05, 3.63) is 58.3 Å². The molecule has 0 aromatic carbocycles. The van der Waals surface area contributed by atoms with E-state index in [-0.39, 0.29) is 11.4 Å². The van der Waals surface area contributed by atoms with E-state index >= 15 is 0 Å². The Kier molecular flexibility index (Phi) is 3.09. The van der Waals surface area contributed by atoms with Crippen LogP contribution in [0.3, 0.4) is 0 Å². The second-order valence-corrected chi connectivity index (χ2v) is 5.72. The molecule has 7 nitrogen and oxygen atoms in total. The second-order valence-electron chi connectivity index (χ2n) is 4.76. The van der Waals surface area contributed by atoms with Gasteiger partial charge in [0.25, 0.3) is 5.56 Å². The number of aromatic nitrogens is 4. The van der Waals surface area contributed by atoms with Crippen LogP contribution in [0.15, 0.2) is 52.2 Å². The molecule has 2 N–H and O–H groups in total. The van der Waals surface area contributed by atoms with Crippen LogP contribution in [0, 0.1) is 0 Å². The maximum absolute atomic E-state index is 12.2. The minimum absolute atomic E-state index is 0.250. The van der Waals surface area contributed by atoms with Crippen LogP contribution in [0.4, 0.5) is 5.82 Å². The molecule has 0 fully saturated rings. The van der Waals surface area contributed by atoms with Crippen LogP contribution >= 0.6 is 11.3 Å². The van der Waals surface area contributed by atoms with E-state index < -0.39 is 5.56 Å². The van der Waals surface area contributed by atoms with Gasteiger partial charge in [0.1, 0.15) is 10.8 Å². The maximum Gasteiger partial charge on any atom is 0.283 e. The van der Waals surface area contributed by atoms with Crippen molar-refractivity contribution in [1.82, 2.24) is 19.6 Å². The lowest BCUT2D eigenvalue weighted by Crippen LogP contribution is -2.16. The molecule has 0 aliphatic carbocycles. The molecule has 3 aromatic rings. The molecule has 0 unspecified atom stereocenters. The molecule has 0 bridgehead atoms. The minimum atomic E-state index is -0.393. The number of rotatable bonds is 2. The van der Waals surface area contributed by atoms with E-state index in [0.29, 0.717) is 10.7 Å². The zero-order valence-corrected chi connectivity index (χ0v) is 12.6. The highest BCUT2D eigenvalue weighted by molar-refractivity contribution is 7.19. The highest BCUT2D eigenvalue weighted by Crippen LogP contribution is 2.26. The van der Waals surface area contributed by atoms with E-state index in [9.17, 15) is 4.79 Å². The topological polar surface area (TPSA) is 98.5 Å². The molecule has 1 aliphatic heterocycles. The number of nitrogens with two attached hydrogens (primary N) is 1. The van der Waals surface area contributed by atoms with E-state index in [0.717, 1.165) is 10.6 Å². The van der Waals surface area contributed by atoms with E-state index in [1.165, 1.54) is 15.9 Å². The largest absolute Gasteiger partial charge is 0.383 e. The predicted octanol–water partition coefficient (Wildman–Crippen LogP) is 1.78. The Morgan fingerprint density at radius 2 is 2.09 bits per heavy atom. The molecular formula is C15H10N6OS. The van der Waals surface area contributed by atoms with Gasteiger partial charge >= 0.3 is 0 Å². The number of anilines is 1. The molecule has 0 atom stereocenters. The zero-order chi connectivity index (χ0) is 15.8. The van der Waals surface area contributed by atoms with Crippen LogP contribution in [0.25, 0.3) is 21.6 Å². The lowest BCUT2D eigenvalue weighted by Gasteiger charge is -2.01. The number of hydrogen-bond donors (Lipinski definition) is 1. The van der Waals surface area contributed by atoms with Crippen molar-refractivity contribution in [2.45, 2.75) is 0 Å². The van der Waals surface area contributed by atoms with Crippen molar-refractivity contribution in [3.8, 4) is 10.6 Å². The number of nitrogen functional groups attached to an aromatic ring is 1. The summed E-state index contributed by atoms with van der Waals surface area (Å²) in [6.07, 6.45) is 10.2. The van der Waals surface area contributed by atoms with Gasteiger partial charge in [0, 0.05) is 24.2 Å². The Hall–Kier alpha value is -3.13. The first-order valence-corrected chi connectivity index (χ1v) is 7.56. The third-order valence-electron chi connectivity index (χ3n) is 3.29. The quantitative estimate of drug-likeness (QED) is 0.775. The Labute approximate surface area is 134 Å². The molecule has 3 aromatic heterocycles. The van der Waals surface area contributed by atoms with Gasteiger partial charge in [0.05, 0.1) is 11.3 Å². The van der Waals surface area contributed by atoms with Crippen molar-refractivity contribution in [3.63, 3.8) is 0 Å². The average Bonchev–Trinajstić information content (AvgIpc) is 3.22. The van der Waals surface area contributed by atoms with Crippen LogP contribution in [-0.2, 0) is 0 Å². The predicted molar refractivity (Wildman–Crippen MR) is 90.4 cm³/mol. The Bertz CT molecular complexity index is 1030. The highest BCUT2D eigenvalue weighted by Gasteiger charge is 2.14. The number of pyridine rings is 1. The minimum Gasteiger partial charge on any atom is -0.383 e. The van der Waals surface area contributed by atoms with E-state index in [2.05, 4.69) is 20.1 Å². The lowest BCUT2D eigenvalue weighted by molar-refractivity contribution is 0.944. The zero-order valence-electron chi connectivity index (χ0n) is 11.7. The molecule has 0 saturated carbocycles. The fourth-order valence-corrected chi connectivity index (χ4v) is 3.08. The SMILES string of the molecule is Nc1c(/C=C2\C=CC=N2)c(=O)nc2sc(-c3ccncc3)nn12. The summed E-state index contributed by atoms with van der Waals surface area (Å²) in [6.45, 7) is 0. The number of nitrogens with zero attached hydrogens (tertiary/aromatic N) is 5. The van der Waals surface area contributed by atoms with Crippen molar-refractivity contribution < 1.29 is 0 Å². The maximum atomic E-state index is 12.2. The highest BCUT2D eigenvalue weighted by atomic mass is 32.1. The molecule has 8 heteroatoms. The van der Waals surface area contributed by atoms with Gasteiger partial charge in [-0.05, 0) is 30.4 Å². The second kappa shape index (κ2) is 5.25. The van der Waals surface area contributed by atoms with E-state index in [1.54, 1.807) is 36.8 Å². The monoisotopic (exact) mass is 322 g/mol. The first-order valence-electron chi connectivity index (χ1n) is 6.74. The van der Waals surface area contributed by atoms with Gasteiger partial charge in [0.15, 0.2) is 0 Å². The number of allylic oxidation sites excluding steroid dienone is 2. The van der Waals surface area contributed by atoms with Crippen molar-refractivity contribution in [1.29, 1.82) is 0 Å². The average molecular weight is 322 g/mol. The van der Waals surface area contributed by atoms with Crippen molar-refractivity contribution in [2.75, 3.05) is 5.73 Å². The van der Waals surface area contributed by atoms with Crippen LogP contribution in [0.5, 0.6) is 0 Å². The van der Waals surface area contributed by atoms with Gasteiger partial charge in [-0.25, -0.2) is 0 Å². The van der Waals surface area contributed by atoms with Gasteiger partial charge in [-0.3, -0.25) is 14.8 Å². The molecule has 112 valence electrons. The van der Waals surface area contributed by atoms with Crippen LogP contribution in [0.1, 0.15) is 5.56 Å². The third kappa shape index (κ3) is 2.34. The molecule has 23 heavy (non-hydrogen) atoms. The number of fused-ring (bicyclic) bond motifs is 1. The molecule has 1 aliphatic rings. The molecule has 0 radical (unpaired) electrons. The van der Waals surface area contributed by atoms with E-state index in [1.807, 2.05) is 12.1 Å². The molecule has 0 spiro atoms. The van der Waals surface area contributed by atoms with Crippen molar-refractivity contribution >= 4 is 34.4 Å². The summed E-state index contributed by atoms with van der Waals surface area (Å²) < 4.78 is 1.48. The summed E-state index contributed by atoms with van der Waals surface area (Å²) in [5, 5.41) is 5.17. The van der Waals surface area contributed by atoms with Gasteiger partial charge in [-0.15, -0.1) is 0 Å². The molecular weight excluding hydrogens is 312 g/mol. The Morgan fingerprint density at radius 1 is 1.26 bits per heavy atom. The summed E-state index contributed by atoms with van der Waals surface area (Å²) >= 11 is 1.30. The summed E-state index contributed by atoms with van der Waals surface area (Å²) in [7, 11) is 0. The molecule has 4 heterocycles. The first-order chi connectivity index (χ1) is 11.2. The normalized spacial score (nSPS) is 15.0. The standard InChI is InChI=1S/C15H10N6OS/c16-12-11(8-10-2-1-5-18-10)13(22)19-15-21(12)20-14(23-15)9-3-6-17-7-4-9/h1-8H,16H2/b10-8+. The van der Waals surface area contributed by atoms with Crippen LogP contribution < -0.4 is 11.3 Å². The van der Waals surface area contributed by atoms with Crippen LogP contribution in [0.2, 0.25) is 0 Å². The van der Waals surface area contributed by atoms with Gasteiger partial charge in [0.2, 0.25) is 4.96 Å². The van der Waals surface area contributed by atoms with E-state index in [4.69, 9.17) is 5.73 Å². The number of aliphatic imine (C=N–C) groups is 1. The number of hydrogen-bond acceptors (Lipinski definition) is 7.